The number of Topliss-reactive ketones (excluding diaryl/α,β-unsaturated/α-hetero) is 1. The van der Waals surface area contributed by atoms with Crippen molar-refractivity contribution in [2.24, 2.45) is 18.9 Å². The van der Waals surface area contributed by atoms with E-state index in [1.807, 2.05) is 13.8 Å². The van der Waals surface area contributed by atoms with Crippen molar-refractivity contribution in [1.82, 2.24) is 14.0 Å². The van der Waals surface area contributed by atoms with Crippen LogP contribution in [0.1, 0.15) is 37.0 Å². The van der Waals surface area contributed by atoms with E-state index in [0.29, 0.717) is 6.08 Å². The van der Waals surface area contributed by atoms with Crippen LogP contribution in [0.5, 0.6) is 0 Å². The highest BCUT2D eigenvalue weighted by atomic mass is 19.4. The molecule has 13 heteroatoms. The van der Waals surface area contributed by atoms with Crippen LogP contribution in [0.2, 0.25) is 0 Å². The van der Waals surface area contributed by atoms with Gasteiger partial charge in [0.25, 0.3) is 11.3 Å². The van der Waals surface area contributed by atoms with Gasteiger partial charge in [-0.3, -0.25) is 28.3 Å². The van der Waals surface area contributed by atoms with Gasteiger partial charge in [-0.15, -0.1) is 0 Å². The van der Waals surface area contributed by atoms with E-state index in [9.17, 15) is 37.1 Å². The predicted molar refractivity (Wildman–Crippen MR) is 115 cm³/mol. The maximum atomic E-state index is 12.6. The number of nitrogen functional groups attached to an aromatic ring is 1. The normalized spacial score (nSPS) is 15.2. The number of rotatable bonds is 8. The number of carbonyl (C=O) groups excluding carboxylic acids is 3. The molecule has 10 nitrogen and oxygen atoms in total. The number of ether oxygens (including phenoxy) is 1. The second-order valence-corrected chi connectivity index (χ2v) is 8.43. The van der Waals surface area contributed by atoms with Gasteiger partial charge >= 0.3 is 17.8 Å². The average Bonchev–Trinajstić information content (AvgIpc) is 2.77. The van der Waals surface area contributed by atoms with Crippen LogP contribution in [0.4, 0.5) is 19.0 Å². The van der Waals surface area contributed by atoms with Crippen molar-refractivity contribution in [3.8, 4) is 0 Å². The van der Waals surface area contributed by atoms with Gasteiger partial charge in [-0.1, -0.05) is 13.8 Å². The van der Waals surface area contributed by atoms with Crippen LogP contribution >= 0.6 is 0 Å². The lowest BCUT2D eigenvalue weighted by Crippen LogP contribution is -2.43. The second kappa shape index (κ2) is 10.7. The number of nitrogens with zero attached hydrogens (tertiary/aromatic N) is 3. The molecule has 2 heterocycles. The molecule has 1 aromatic rings. The molecule has 0 amide bonds. The van der Waals surface area contributed by atoms with Crippen molar-refractivity contribution in [3.05, 3.63) is 38.7 Å². The molecule has 2 N–H and O–H groups in total. The van der Waals surface area contributed by atoms with Crippen molar-refractivity contribution in [2.75, 3.05) is 25.4 Å². The van der Waals surface area contributed by atoms with Gasteiger partial charge < -0.3 is 15.4 Å². The molecule has 0 aromatic carbocycles. The highest BCUT2D eigenvalue weighted by Crippen LogP contribution is 2.21. The largest absolute Gasteiger partial charge is 0.457 e. The number of aromatic nitrogens is 2. The van der Waals surface area contributed by atoms with E-state index in [4.69, 9.17) is 10.5 Å². The minimum Gasteiger partial charge on any atom is -0.457 e. The lowest BCUT2D eigenvalue weighted by molar-refractivity contribution is -0.165. The third kappa shape index (κ3) is 6.35. The van der Waals surface area contributed by atoms with E-state index in [0.717, 1.165) is 15.3 Å². The molecule has 1 fully saturated rings. The lowest BCUT2D eigenvalue weighted by atomic mass is 9.97. The van der Waals surface area contributed by atoms with Crippen LogP contribution < -0.4 is 17.0 Å². The summed E-state index contributed by atoms with van der Waals surface area (Å²) in [6, 6.07) is 0. The Balaban J connectivity index is 2.00. The maximum absolute atomic E-state index is 12.6. The minimum atomic E-state index is -4.95. The number of hydrogen-bond acceptors (Lipinski definition) is 8. The second-order valence-electron chi connectivity index (χ2n) is 8.43. The van der Waals surface area contributed by atoms with Gasteiger partial charge in [0, 0.05) is 39.0 Å². The van der Waals surface area contributed by atoms with Crippen LogP contribution in [-0.4, -0.2) is 57.4 Å². The Hall–Kier alpha value is -3.38. The van der Waals surface area contributed by atoms with E-state index >= 15 is 0 Å². The Morgan fingerprint density at radius 3 is 2.29 bits per heavy atom. The molecule has 0 atom stereocenters. The quantitative estimate of drug-likeness (QED) is 0.324. The summed E-state index contributed by atoms with van der Waals surface area (Å²) in [5.74, 6) is -4.42. The molecular formula is C21H27F3N4O6. The zero-order chi connectivity index (χ0) is 25.8. The summed E-state index contributed by atoms with van der Waals surface area (Å²) in [7, 11) is 1.22. The molecule has 1 aromatic heterocycles. The fourth-order valence-corrected chi connectivity index (χ4v) is 3.47. The predicted octanol–water partition coefficient (Wildman–Crippen LogP) is 0.868. The Labute approximate surface area is 192 Å². The summed E-state index contributed by atoms with van der Waals surface area (Å²) in [6.45, 7) is 3.51. The summed E-state index contributed by atoms with van der Waals surface area (Å²) in [6.07, 6.45) is -3.01. The molecule has 1 aliphatic heterocycles. The van der Waals surface area contributed by atoms with Gasteiger partial charge in [0.05, 0.1) is 5.92 Å². The van der Waals surface area contributed by atoms with Gasteiger partial charge in [0.1, 0.15) is 11.4 Å². The average molecular weight is 488 g/mol. The third-order valence-corrected chi connectivity index (χ3v) is 5.33. The third-order valence-electron chi connectivity index (χ3n) is 5.33. The Morgan fingerprint density at radius 2 is 1.76 bits per heavy atom. The van der Waals surface area contributed by atoms with Gasteiger partial charge in [-0.05, 0) is 18.8 Å². The SMILES string of the molecule is CC(C)Cn1c(N)c(C(=O)COC(=O)C2CCN(/C=C/C(=O)C(F)(F)F)CC2)c(=O)n(C)c1=O. The molecule has 1 aliphatic rings. The fourth-order valence-electron chi connectivity index (χ4n) is 3.47. The number of allylic oxidation sites excluding steroid dienone is 1. The highest BCUT2D eigenvalue weighted by molar-refractivity contribution is 6.01. The number of ketones is 2. The standard InChI is InChI=1S/C21H27F3N4O6/c1-12(2)10-28-17(25)16(18(31)26(3)20(28)33)14(29)11-34-19(32)13-4-7-27(8-5-13)9-6-15(30)21(22,23)24/h6,9,12-13H,4-5,7-8,10-11,25H2,1-3H3/b9-6+. The smallest absolute Gasteiger partial charge is 0.454 e. The van der Waals surface area contributed by atoms with Crippen LogP contribution in [0.25, 0.3) is 0 Å². The number of halogens is 3. The Bertz CT molecular complexity index is 1100. The van der Waals surface area contributed by atoms with Gasteiger partial charge in [-0.2, -0.15) is 13.2 Å². The molecule has 1 saturated heterocycles. The summed E-state index contributed by atoms with van der Waals surface area (Å²) in [5.41, 5.74) is 3.93. The molecular weight excluding hydrogens is 461 g/mol. The van der Waals surface area contributed by atoms with Crippen LogP contribution in [0.3, 0.4) is 0 Å². The van der Waals surface area contributed by atoms with Crippen LogP contribution in [-0.2, 0) is 27.9 Å². The molecule has 0 bridgehead atoms. The van der Waals surface area contributed by atoms with Gasteiger partial charge in [0.2, 0.25) is 5.78 Å². The number of hydrogen-bond donors (Lipinski definition) is 1. The number of anilines is 1. The summed E-state index contributed by atoms with van der Waals surface area (Å²) in [5, 5.41) is 0. The topological polar surface area (TPSA) is 134 Å². The minimum absolute atomic E-state index is 0.00516. The van der Waals surface area contributed by atoms with Gasteiger partial charge in [-0.25, -0.2) is 4.79 Å². The molecule has 34 heavy (non-hydrogen) atoms. The zero-order valence-electron chi connectivity index (χ0n) is 19.1. The Morgan fingerprint density at radius 1 is 1.18 bits per heavy atom. The first-order valence-electron chi connectivity index (χ1n) is 10.6. The first-order chi connectivity index (χ1) is 15.7. The molecule has 2 rings (SSSR count). The van der Waals surface area contributed by atoms with Crippen LogP contribution in [0, 0.1) is 11.8 Å². The van der Waals surface area contributed by atoms with E-state index in [1.165, 1.54) is 11.9 Å². The number of nitrogens with two attached hydrogens (primary N) is 1. The maximum Gasteiger partial charge on any atom is 0.454 e. The number of alkyl halides is 3. The summed E-state index contributed by atoms with van der Waals surface area (Å²) < 4.78 is 43.7. The number of carbonyl (C=O) groups is 3. The number of piperidine rings is 1. The lowest BCUT2D eigenvalue weighted by Gasteiger charge is -2.29. The summed E-state index contributed by atoms with van der Waals surface area (Å²) in [4.78, 5) is 62.1. The van der Waals surface area contributed by atoms with E-state index in [1.54, 1.807) is 0 Å². The van der Waals surface area contributed by atoms with Crippen molar-refractivity contribution < 1.29 is 32.3 Å². The zero-order valence-corrected chi connectivity index (χ0v) is 19.1. The van der Waals surface area contributed by atoms with Crippen molar-refractivity contribution >= 4 is 23.4 Å². The molecule has 0 unspecified atom stereocenters. The van der Waals surface area contributed by atoms with Crippen molar-refractivity contribution in [2.45, 2.75) is 39.4 Å². The number of esters is 1. The van der Waals surface area contributed by atoms with Crippen LogP contribution in [0.15, 0.2) is 21.9 Å². The van der Waals surface area contributed by atoms with E-state index in [2.05, 4.69) is 0 Å². The fraction of sp³-hybridized carbons (Fsp3) is 0.571. The molecule has 188 valence electrons. The van der Waals surface area contributed by atoms with Crippen molar-refractivity contribution in [1.29, 1.82) is 0 Å². The summed E-state index contributed by atoms with van der Waals surface area (Å²) >= 11 is 0. The monoisotopic (exact) mass is 488 g/mol. The molecule has 0 radical (unpaired) electrons. The van der Waals surface area contributed by atoms with E-state index < -0.39 is 53.0 Å². The number of likely N-dealkylation sites (tertiary alicyclic amines) is 1. The molecule has 0 saturated carbocycles. The first-order valence-corrected chi connectivity index (χ1v) is 10.6. The Kier molecular flexibility index (Phi) is 8.46. The molecule has 0 aliphatic carbocycles. The molecule has 0 spiro atoms. The van der Waals surface area contributed by atoms with Gasteiger partial charge in [0.15, 0.2) is 6.61 Å². The van der Waals surface area contributed by atoms with E-state index in [-0.39, 0.29) is 44.2 Å². The first kappa shape index (κ1) is 26.9. The van der Waals surface area contributed by atoms with Crippen molar-refractivity contribution in [3.63, 3.8) is 0 Å². The highest BCUT2D eigenvalue weighted by Gasteiger charge is 2.36.